The summed E-state index contributed by atoms with van der Waals surface area (Å²) >= 11 is 11.4. The molecular formula is C10H8Cl2O5. The summed E-state index contributed by atoms with van der Waals surface area (Å²) in [5.41, 5.74) is 0. The van der Waals surface area contributed by atoms with E-state index in [2.05, 4.69) is 0 Å². The Labute approximate surface area is 107 Å². The second-order valence-corrected chi connectivity index (χ2v) is 3.96. The van der Waals surface area contributed by atoms with Crippen molar-refractivity contribution in [1.82, 2.24) is 0 Å². The van der Waals surface area contributed by atoms with E-state index in [1.165, 1.54) is 18.2 Å². The van der Waals surface area contributed by atoms with Gasteiger partial charge in [0.15, 0.2) is 0 Å². The van der Waals surface area contributed by atoms with Crippen molar-refractivity contribution in [2.75, 3.05) is 0 Å². The number of hydrogen-bond acceptors (Lipinski definition) is 3. The number of hydrogen-bond donors (Lipinski definition) is 2. The number of carbonyl (C=O) groups is 2. The Morgan fingerprint density at radius 3 is 2.41 bits per heavy atom. The lowest BCUT2D eigenvalue weighted by molar-refractivity contribution is -0.151. The highest BCUT2D eigenvalue weighted by molar-refractivity contribution is 6.35. The topological polar surface area (TPSA) is 83.8 Å². The van der Waals surface area contributed by atoms with Gasteiger partial charge in [-0.15, -0.1) is 0 Å². The van der Waals surface area contributed by atoms with Crippen LogP contribution >= 0.6 is 23.2 Å². The number of carboxylic acid groups (broad SMARTS) is 2. The molecule has 0 aliphatic heterocycles. The minimum atomic E-state index is -1.49. The van der Waals surface area contributed by atoms with Crippen LogP contribution in [0.4, 0.5) is 0 Å². The minimum absolute atomic E-state index is 0.0738. The summed E-state index contributed by atoms with van der Waals surface area (Å²) in [5, 5.41) is 17.8. The molecule has 1 atom stereocenters. The number of ether oxygens (including phenoxy) is 1. The number of carboxylic acids is 2. The lowest BCUT2D eigenvalue weighted by Gasteiger charge is -2.14. The van der Waals surface area contributed by atoms with Gasteiger partial charge < -0.3 is 14.9 Å². The molecule has 0 saturated carbocycles. The van der Waals surface area contributed by atoms with Gasteiger partial charge in [0, 0.05) is 5.02 Å². The molecule has 5 nitrogen and oxygen atoms in total. The van der Waals surface area contributed by atoms with Gasteiger partial charge in [-0.1, -0.05) is 23.2 Å². The van der Waals surface area contributed by atoms with E-state index >= 15 is 0 Å². The normalized spacial score (nSPS) is 11.9. The minimum Gasteiger partial charge on any atom is -0.481 e. The molecule has 1 rings (SSSR count). The molecule has 0 fully saturated rings. The molecule has 0 unspecified atom stereocenters. The van der Waals surface area contributed by atoms with Gasteiger partial charge in [-0.2, -0.15) is 0 Å². The smallest absolute Gasteiger partial charge is 0.345 e. The molecule has 0 aliphatic carbocycles. The first-order valence-electron chi connectivity index (χ1n) is 4.46. The molecule has 0 amide bonds. The molecule has 0 aromatic heterocycles. The van der Waals surface area contributed by atoms with Crippen molar-refractivity contribution >= 4 is 35.1 Å². The summed E-state index contributed by atoms with van der Waals surface area (Å²) in [5.74, 6) is -2.58. The van der Waals surface area contributed by atoms with Gasteiger partial charge in [-0.05, 0) is 18.2 Å². The van der Waals surface area contributed by atoms with Crippen LogP contribution in [-0.2, 0) is 9.59 Å². The van der Waals surface area contributed by atoms with Crippen LogP contribution in [0.15, 0.2) is 18.2 Å². The second-order valence-electron chi connectivity index (χ2n) is 3.12. The van der Waals surface area contributed by atoms with Crippen molar-refractivity contribution in [3.63, 3.8) is 0 Å². The highest BCUT2D eigenvalue weighted by Gasteiger charge is 2.23. The van der Waals surface area contributed by atoms with E-state index < -0.39 is 24.5 Å². The van der Waals surface area contributed by atoms with Crippen molar-refractivity contribution in [3.05, 3.63) is 28.2 Å². The summed E-state index contributed by atoms with van der Waals surface area (Å²) in [7, 11) is 0. The van der Waals surface area contributed by atoms with Crippen LogP contribution < -0.4 is 4.74 Å². The lowest BCUT2D eigenvalue weighted by Crippen LogP contribution is -2.29. The Bertz CT molecular complexity index is 446. The summed E-state index contributed by atoms with van der Waals surface area (Å²) in [6.45, 7) is 0. The maximum absolute atomic E-state index is 10.8. The van der Waals surface area contributed by atoms with E-state index in [1.807, 2.05) is 0 Å². The zero-order valence-electron chi connectivity index (χ0n) is 8.39. The largest absolute Gasteiger partial charge is 0.481 e. The fourth-order valence-corrected chi connectivity index (χ4v) is 1.52. The lowest BCUT2D eigenvalue weighted by atomic mass is 10.2. The van der Waals surface area contributed by atoms with Crippen molar-refractivity contribution in [2.24, 2.45) is 0 Å². The van der Waals surface area contributed by atoms with Crippen LogP contribution in [0.3, 0.4) is 0 Å². The third-order valence-electron chi connectivity index (χ3n) is 1.80. The van der Waals surface area contributed by atoms with Gasteiger partial charge in [0.1, 0.15) is 5.75 Å². The zero-order chi connectivity index (χ0) is 13.0. The average Bonchev–Trinajstić information content (AvgIpc) is 2.19. The number of benzene rings is 1. The van der Waals surface area contributed by atoms with Crippen LogP contribution in [-0.4, -0.2) is 28.3 Å². The molecule has 0 heterocycles. The molecule has 0 saturated heterocycles. The Morgan fingerprint density at radius 1 is 1.29 bits per heavy atom. The fraction of sp³-hybridized carbons (Fsp3) is 0.200. The van der Waals surface area contributed by atoms with Crippen molar-refractivity contribution in [2.45, 2.75) is 12.5 Å². The average molecular weight is 279 g/mol. The number of aliphatic carboxylic acids is 2. The van der Waals surface area contributed by atoms with Crippen LogP contribution in [0.5, 0.6) is 5.75 Å². The van der Waals surface area contributed by atoms with Gasteiger partial charge in [0.2, 0.25) is 6.10 Å². The van der Waals surface area contributed by atoms with E-state index in [-0.39, 0.29) is 10.8 Å². The maximum Gasteiger partial charge on any atom is 0.345 e. The molecule has 1 aromatic rings. The summed E-state index contributed by atoms with van der Waals surface area (Å²) < 4.78 is 5.00. The zero-order valence-corrected chi connectivity index (χ0v) is 9.90. The summed E-state index contributed by atoms with van der Waals surface area (Å²) in [6, 6.07) is 4.21. The first-order chi connectivity index (χ1) is 7.90. The first-order valence-corrected chi connectivity index (χ1v) is 5.22. The van der Waals surface area contributed by atoms with Crippen LogP contribution in [0.2, 0.25) is 10.0 Å². The summed E-state index contributed by atoms with van der Waals surface area (Å²) in [6.07, 6.45) is -2.15. The third kappa shape index (κ3) is 4.13. The highest BCUT2D eigenvalue weighted by Crippen LogP contribution is 2.28. The van der Waals surface area contributed by atoms with Gasteiger partial charge >= 0.3 is 11.9 Å². The van der Waals surface area contributed by atoms with E-state index in [0.717, 1.165) is 0 Å². The van der Waals surface area contributed by atoms with E-state index in [0.29, 0.717) is 5.02 Å². The van der Waals surface area contributed by atoms with Crippen molar-refractivity contribution < 1.29 is 24.5 Å². The highest BCUT2D eigenvalue weighted by atomic mass is 35.5. The van der Waals surface area contributed by atoms with Gasteiger partial charge in [-0.3, -0.25) is 4.79 Å². The number of halogens is 2. The van der Waals surface area contributed by atoms with Gasteiger partial charge in [0.05, 0.1) is 11.4 Å². The molecule has 0 spiro atoms. The molecule has 0 bridgehead atoms. The predicted octanol–water partition coefficient (Wildman–Crippen LogP) is 2.30. The Morgan fingerprint density at radius 2 is 1.94 bits per heavy atom. The fourth-order valence-electron chi connectivity index (χ4n) is 1.06. The quantitative estimate of drug-likeness (QED) is 0.863. The van der Waals surface area contributed by atoms with Crippen LogP contribution in [0.1, 0.15) is 6.42 Å². The van der Waals surface area contributed by atoms with E-state index in [1.54, 1.807) is 0 Å². The van der Waals surface area contributed by atoms with E-state index in [9.17, 15) is 9.59 Å². The van der Waals surface area contributed by atoms with Gasteiger partial charge in [-0.25, -0.2) is 4.79 Å². The summed E-state index contributed by atoms with van der Waals surface area (Å²) in [4.78, 5) is 21.2. The van der Waals surface area contributed by atoms with Crippen molar-refractivity contribution in [1.29, 1.82) is 0 Å². The van der Waals surface area contributed by atoms with Crippen LogP contribution in [0, 0.1) is 0 Å². The van der Waals surface area contributed by atoms with Crippen LogP contribution in [0.25, 0.3) is 0 Å². The molecule has 0 aliphatic rings. The number of rotatable bonds is 5. The maximum atomic E-state index is 10.8. The molecule has 0 radical (unpaired) electrons. The van der Waals surface area contributed by atoms with Gasteiger partial charge in [0.25, 0.3) is 0 Å². The molecule has 1 aromatic carbocycles. The standard InChI is InChI=1S/C10H8Cl2O5/c11-5-1-2-7(6(12)3-5)17-8(10(15)16)4-9(13)14/h1-3,8H,4H2,(H,13,14)(H,15,16)/t8-/m0/s1. The van der Waals surface area contributed by atoms with E-state index in [4.69, 9.17) is 38.2 Å². The predicted molar refractivity (Wildman–Crippen MR) is 60.8 cm³/mol. The molecule has 2 N–H and O–H groups in total. The third-order valence-corrected chi connectivity index (χ3v) is 2.33. The first kappa shape index (κ1) is 13.6. The van der Waals surface area contributed by atoms with Crippen molar-refractivity contribution in [3.8, 4) is 5.75 Å². The SMILES string of the molecule is O=C(O)C[C@H](Oc1ccc(Cl)cc1Cl)C(=O)O. The molecule has 17 heavy (non-hydrogen) atoms. The Hall–Kier alpha value is -1.46. The molecular weight excluding hydrogens is 271 g/mol. The second kappa shape index (κ2) is 5.75. The Balaban J connectivity index is 2.86. The monoisotopic (exact) mass is 278 g/mol. The molecule has 7 heteroatoms. The molecule has 92 valence electrons. The Kier molecular flexibility index (Phi) is 4.60.